The second-order valence-electron chi connectivity index (χ2n) is 6.32. The molecule has 0 aromatic heterocycles. The Labute approximate surface area is 132 Å². The van der Waals surface area contributed by atoms with Crippen LogP contribution in [0, 0.1) is 0 Å². The average Bonchev–Trinajstić information content (AvgIpc) is 2.89. The Morgan fingerprint density at radius 3 is 2.86 bits per heavy atom. The number of aliphatic hydroxyl groups excluding tert-OH is 1. The number of hydrogen-bond donors (Lipinski definition) is 2. The number of β-amino-alcohol motifs (C(OH)–C–C–N with tert-alkyl or cyclic N) is 1. The Morgan fingerprint density at radius 2 is 2.09 bits per heavy atom. The molecule has 0 radical (unpaired) electrons. The molecule has 1 saturated heterocycles. The number of allylic oxidation sites excluding steroid dienone is 1. The molecule has 2 heterocycles. The molecule has 4 nitrogen and oxygen atoms in total. The van der Waals surface area contributed by atoms with Crippen LogP contribution in [-0.4, -0.2) is 47.9 Å². The fourth-order valence-corrected chi connectivity index (χ4v) is 3.33. The lowest BCUT2D eigenvalue weighted by Crippen LogP contribution is -2.40. The first-order valence-electron chi connectivity index (χ1n) is 8.28. The third-order valence-corrected chi connectivity index (χ3v) is 4.51. The summed E-state index contributed by atoms with van der Waals surface area (Å²) in [6.07, 6.45) is 7.02. The van der Waals surface area contributed by atoms with Gasteiger partial charge in [-0.1, -0.05) is 30.3 Å². The molecule has 22 heavy (non-hydrogen) atoms. The van der Waals surface area contributed by atoms with Crippen LogP contribution in [-0.2, 0) is 11.3 Å². The van der Waals surface area contributed by atoms with Gasteiger partial charge in [-0.2, -0.15) is 0 Å². The SMILES string of the molecule is O[C@@H]1C[C@@H](CNC[C@@H]2CCC=CO2)N(Cc2ccccc2)C1. The second-order valence-corrected chi connectivity index (χ2v) is 6.32. The van der Waals surface area contributed by atoms with Gasteiger partial charge in [0.15, 0.2) is 0 Å². The van der Waals surface area contributed by atoms with E-state index < -0.39 is 0 Å². The summed E-state index contributed by atoms with van der Waals surface area (Å²) in [5.74, 6) is 0. The summed E-state index contributed by atoms with van der Waals surface area (Å²) in [5.41, 5.74) is 1.31. The highest BCUT2D eigenvalue weighted by Crippen LogP contribution is 2.20. The van der Waals surface area contributed by atoms with Gasteiger partial charge < -0.3 is 15.2 Å². The van der Waals surface area contributed by atoms with E-state index >= 15 is 0 Å². The zero-order valence-corrected chi connectivity index (χ0v) is 13.0. The van der Waals surface area contributed by atoms with E-state index in [0.717, 1.165) is 45.4 Å². The number of aliphatic hydroxyl groups is 1. The van der Waals surface area contributed by atoms with E-state index in [2.05, 4.69) is 40.6 Å². The van der Waals surface area contributed by atoms with Crippen LogP contribution in [0.4, 0.5) is 0 Å². The maximum absolute atomic E-state index is 9.99. The van der Waals surface area contributed by atoms with Crippen LogP contribution in [0.2, 0.25) is 0 Å². The minimum absolute atomic E-state index is 0.204. The summed E-state index contributed by atoms with van der Waals surface area (Å²) in [4.78, 5) is 2.38. The smallest absolute Gasteiger partial charge is 0.110 e. The van der Waals surface area contributed by atoms with Crippen LogP contribution >= 0.6 is 0 Å². The van der Waals surface area contributed by atoms with Crippen molar-refractivity contribution in [3.05, 3.63) is 48.2 Å². The van der Waals surface area contributed by atoms with Crippen molar-refractivity contribution in [3.63, 3.8) is 0 Å². The molecule has 4 heteroatoms. The predicted molar refractivity (Wildman–Crippen MR) is 87.4 cm³/mol. The second kappa shape index (κ2) is 7.77. The maximum Gasteiger partial charge on any atom is 0.110 e. The van der Waals surface area contributed by atoms with Gasteiger partial charge in [-0.15, -0.1) is 0 Å². The lowest BCUT2D eigenvalue weighted by atomic mass is 10.1. The first-order valence-corrected chi connectivity index (χ1v) is 8.28. The molecule has 0 amide bonds. The molecule has 0 bridgehead atoms. The highest BCUT2D eigenvalue weighted by Gasteiger charge is 2.30. The third kappa shape index (κ3) is 4.32. The highest BCUT2D eigenvalue weighted by atomic mass is 16.5. The summed E-state index contributed by atoms with van der Waals surface area (Å²) < 4.78 is 5.58. The summed E-state index contributed by atoms with van der Waals surface area (Å²) in [6, 6.07) is 10.9. The molecule has 2 N–H and O–H groups in total. The summed E-state index contributed by atoms with van der Waals surface area (Å²) in [5, 5.41) is 13.5. The number of ether oxygens (including phenoxy) is 1. The Bertz CT molecular complexity index is 477. The first-order chi connectivity index (χ1) is 10.8. The molecule has 0 aliphatic carbocycles. The normalized spacial score (nSPS) is 28.7. The lowest BCUT2D eigenvalue weighted by molar-refractivity contribution is 0.119. The topological polar surface area (TPSA) is 44.7 Å². The van der Waals surface area contributed by atoms with E-state index in [1.807, 2.05) is 12.3 Å². The van der Waals surface area contributed by atoms with Crippen molar-refractivity contribution < 1.29 is 9.84 Å². The van der Waals surface area contributed by atoms with Gasteiger partial charge in [0.05, 0.1) is 12.4 Å². The molecule has 120 valence electrons. The Morgan fingerprint density at radius 1 is 1.23 bits per heavy atom. The van der Waals surface area contributed by atoms with E-state index in [1.54, 1.807) is 0 Å². The van der Waals surface area contributed by atoms with Gasteiger partial charge in [0.2, 0.25) is 0 Å². The van der Waals surface area contributed by atoms with Crippen molar-refractivity contribution in [2.24, 2.45) is 0 Å². The number of rotatable bonds is 6. The number of nitrogens with zero attached hydrogens (tertiary/aromatic N) is 1. The number of likely N-dealkylation sites (tertiary alicyclic amines) is 1. The summed E-state index contributed by atoms with van der Waals surface area (Å²) >= 11 is 0. The average molecular weight is 302 g/mol. The van der Waals surface area contributed by atoms with E-state index in [4.69, 9.17) is 4.74 Å². The van der Waals surface area contributed by atoms with Crippen molar-refractivity contribution in [1.82, 2.24) is 10.2 Å². The van der Waals surface area contributed by atoms with Crippen molar-refractivity contribution >= 4 is 0 Å². The molecule has 1 fully saturated rings. The summed E-state index contributed by atoms with van der Waals surface area (Å²) in [6.45, 7) is 3.47. The molecule has 2 aliphatic heterocycles. The van der Waals surface area contributed by atoms with Gasteiger partial charge in [-0.05, 0) is 30.9 Å². The van der Waals surface area contributed by atoms with Crippen LogP contribution in [0.5, 0.6) is 0 Å². The van der Waals surface area contributed by atoms with Crippen LogP contribution in [0.15, 0.2) is 42.7 Å². The Hall–Kier alpha value is -1.36. The van der Waals surface area contributed by atoms with Gasteiger partial charge in [0.1, 0.15) is 6.10 Å². The molecule has 0 saturated carbocycles. The molecule has 3 atom stereocenters. The predicted octanol–water partition coefficient (Wildman–Crippen LogP) is 1.90. The van der Waals surface area contributed by atoms with E-state index in [-0.39, 0.29) is 6.10 Å². The summed E-state index contributed by atoms with van der Waals surface area (Å²) in [7, 11) is 0. The quantitative estimate of drug-likeness (QED) is 0.842. The Balaban J connectivity index is 1.47. The van der Waals surface area contributed by atoms with Crippen LogP contribution < -0.4 is 5.32 Å². The van der Waals surface area contributed by atoms with Gasteiger partial charge in [-0.3, -0.25) is 4.90 Å². The zero-order valence-electron chi connectivity index (χ0n) is 13.0. The van der Waals surface area contributed by atoms with Gasteiger partial charge in [-0.25, -0.2) is 0 Å². The van der Waals surface area contributed by atoms with Crippen LogP contribution in [0.3, 0.4) is 0 Å². The standard InChI is InChI=1S/C18H26N2O2/c21-17-10-16(11-19-12-18-8-4-5-9-22-18)20(14-17)13-15-6-2-1-3-7-15/h1-3,5-7,9,16-19,21H,4,8,10-14H2/t16-,17+,18-/m0/s1. The zero-order chi connectivity index (χ0) is 15.2. The minimum Gasteiger partial charge on any atom is -0.497 e. The van der Waals surface area contributed by atoms with Crippen LogP contribution in [0.1, 0.15) is 24.8 Å². The van der Waals surface area contributed by atoms with Crippen molar-refractivity contribution in [2.75, 3.05) is 19.6 Å². The number of hydrogen-bond acceptors (Lipinski definition) is 4. The van der Waals surface area contributed by atoms with Crippen LogP contribution in [0.25, 0.3) is 0 Å². The Kier molecular flexibility index (Phi) is 5.48. The monoisotopic (exact) mass is 302 g/mol. The molecule has 1 aromatic rings. The molecule has 3 rings (SSSR count). The molecule has 1 aromatic carbocycles. The molecule has 0 spiro atoms. The van der Waals surface area contributed by atoms with E-state index in [1.165, 1.54) is 5.56 Å². The van der Waals surface area contributed by atoms with Crippen molar-refractivity contribution in [1.29, 1.82) is 0 Å². The number of benzene rings is 1. The van der Waals surface area contributed by atoms with Crippen molar-refractivity contribution in [2.45, 2.75) is 44.1 Å². The van der Waals surface area contributed by atoms with E-state index in [9.17, 15) is 5.11 Å². The molecule has 0 unspecified atom stereocenters. The maximum atomic E-state index is 9.99. The number of nitrogens with one attached hydrogen (secondary N) is 1. The van der Waals surface area contributed by atoms with E-state index in [0.29, 0.717) is 12.1 Å². The van der Waals surface area contributed by atoms with Gasteiger partial charge in [0, 0.05) is 32.2 Å². The minimum atomic E-state index is -0.204. The third-order valence-electron chi connectivity index (χ3n) is 4.51. The fourth-order valence-electron chi connectivity index (χ4n) is 3.33. The highest BCUT2D eigenvalue weighted by molar-refractivity contribution is 5.15. The van der Waals surface area contributed by atoms with Gasteiger partial charge in [0.25, 0.3) is 0 Å². The molecular formula is C18H26N2O2. The molecule has 2 aliphatic rings. The van der Waals surface area contributed by atoms with Gasteiger partial charge >= 0.3 is 0 Å². The van der Waals surface area contributed by atoms with Crippen molar-refractivity contribution in [3.8, 4) is 0 Å². The fraction of sp³-hybridized carbons (Fsp3) is 0.556. The lowest BCUT2D eigenvalue weighted by Gasteiger charge is -2.26. The largest absolute Gasteiger partial charge is 0.497 e. The first kappa shape index (κ1) is 15.5. The molecular weight excluding hydrogens is 276 g/mol.